The Kier molecular flexibility index (Phi) is 5.57. The second kappa shape index (κ2) is 6.96. The first kappa shape index (κ1) is 16.8. The van der Waals surface area contributed by atoms with Crippen LogP contribution < -0.4 is 10.1 Å². The maximum absolute atomic E-state index is 12.0. The lowest BCUT2D eigenvalue weighted by Gasteiger charge is -2.10. The highest BCUT2D eigenvalue weighted by Crippen LogP contribution is 2.21. The van der Waals surface area contributed by atoms with Crippen molar-refractivity contribution in [3.63, 3.8) is 0 Å². The number of hydrogen-bond acceptors (Lipinski definition) is 4. The summed E-state index contributed by atoms with van der Waals surface area (Å²) in [4.78, 5) is 22.2. The van der Waals surface area contributed by atoms with Crippen molar-refractivity contribution in [2.45, 2.75) is 12.6 Å². The molecule has 1 N–H and O–H groups in total. The Labute approximate surface area is 119 Å². The molecule has 0 unspecified atom stereocenters. The van der Waals surface area contributed by atoms with E-state index in [1.165, 1.54) is 26.4 Å². The van der Waals surface area contributed by atoms with Crippen LogP contribution in [-0.4, -0.2) is 38.8 Å². The molecule has 5 nitrogen and oxygen atoms in total. The molecule has 1 aromatic carbocycles. The molecule has 0 radical (unpaired) electrons. The first-order valence-electron chi connectivity index (χ1n) is 5.90. The second-order valence-electron chi connectivity index (χ2n) is 4.03. The van der Waals surface area contributed by atoms with Crippen LogP contribution in [-0.2, 0) is 16.0 Å². The maximum Gasteiger partial charge on any atom is 0.471 e. The van der Waals surface area contributed by atoms with Gasteiger partial charge in [-0.3, -0.25) is 4.79 Å². The normalized spacial score (nSPS) is 10.9. The van der Waals surface area contributed by atoms with E-state index in [9.17, 15) is 22.8 Å². The van der Waals surface area contributed by atoms with Crippen molar-refractivity contribution < 1.29 is 32.2 Å². The number of amides is 1. The summed E-state index contributed by atoms with van der Waals surface area (Å²) in [5.41, 5.74) is 0.735. The molecular formula is C13H14F3NO4. The third kappa shape index (κ3) is 4.66. The number of carbonyl (C=O) groups is 2. The van der Waals surface area contributed by atoms with Crippen LogP contribution in [0.25, 0.3) is 0 Å². The van der Waals surface area contributed by atoms with Crippen molar-refractivity contribution >= 4 is 11.9 Å². The first-order chi connectivity index (χ1) is 9.79. The van der Waals surface area contributed by atoms with Gasteiger partial charge in [0.25, 0.3) is 0 Å². The predicted molar refractivity (Wildman–Crippen MR) is 67.1 cm³/mol. The van der Waals surface area contributed by atoms with Crippen LogP contribution in [0.3, 0.4) is 0 Å². The molecule has 8 heteroatoms. The third-order valence-electron chi connectivity index (χ3n) is 2.63. The smallest absolute Gasteiger partial charge is 0.471 e. The van der Waals surface area contributed by atoms with Gasteiger partial charge in [0.1, 0.15) is 11.3 Å². The average molecular weight is 305 g/mol. The van der Waals surface area contributed by atoms with Gasteiger partial charge in [0, 0.05) is 6.54 Å². The number of esters is 1. The Balaban J connectivity index is 2.73. The Bertz CT molecular complexity index is 529. The molecule has 0 aliphatic carbocycles. The molecule has 0 saturated heterocycles. The quantitative estimate of drug-likeness (QED) is 0.841. The molecule has 0 aromatic heterocycles. The minimum absolute atomic E-state index is 0.135. The number of ether oxygens (including phenoxy) is 2. The van der Waals surface area contributed by atoms with Crippen molar-refractivity contribution in [3.8, 4) is 5.75 Å². The Morgan fingerprint density at radius 3 is 2.43 bits per heavy atom. The summed E-state index contributed by atoms with van der Waals surface area (Å²) in [5.74, 6) is -2.32. The largest absolute Gasteiger partial charge is 0.496 e. The lowest BCUT2D eigenvalue weighted by Crippen LogP contribution is -2.37. The van der Waals surface area contributed by atoms with E-state index in [2.05, 4.69) is 4.74 Å². The topological polar surface area (TPSA) is 64.6 Å². The highest BCUT2D eigenvalue weighted by Gasteiger charge is 2.38. The molecule has 0 saturated carbocycles. The molecule has 1 aromatic rings. The van der Waals surface area contributed by atoms with Crippen molar-refractivity contribution in [3.05, 3.63) is 29.3 Å². The van der Waals surface area contributed by atoms with Crippen molar-refractivity contribution in [1.82, 2.24) is 5.32 Å². The first-order valence-corrected chi connectivity index (χ1v) is 5.90. The van der Waals surface area contributed by atoms with Gasteiger partial charge < -0.3 is 14.8 Å². The summed E-state index contributed by atoms with van der Waals surface area (Å²) < 4.78 is 45.6. The molecule has 0 atom stereocenters. The van der Waals surface area contributed by atoms with Gasteiger partial charge in [-0.05, 0) is 24.1 Å². The summed E-state index contributed by atoms with van der Waals surface area (Å²) in [6.45, 7) is -0.203. The number of alkyl halides is 3. The van der Waals surface area contributed by atoms with Gasteiger partial charge in [-0.1, -0.05) is 6.07 Å². The molecule has 0 heterocycles. The van der Waals surface area contributed by atoms with E-state index in [1.54, 1.807) is 11.4 Å². The lowest BCUT2D eigenvalue weighted by molar-refractivity contribution is -0.173. The number of rotatable bonds is 5. The highest BCUT2D eigenvalue weighted by atomic mass is 19.4. The van der Waals surface area contributed by atoms with E-state index in [1.807, 2.05) is 0 Å². The van der Waals surface area contributed by atoms with E-state index < -0.39 is 18.1 Å². The van der Waals surface area contributed by atoms with E-state index in [0.29, 0.717) is 11.3 Å². The SMILES string of the molecule is COC(=O)c1cc(CCNC(=O)C(F)(F)F)ccc1OC. The van der Waals surface area contributed by atoms with Crippen LogP contribution in [0.15, 0.2) is 18.2 Å². The van der Waals surface area contributed by atoms with E-state index in [-0.39, 0.29) is 18.5 Å². The summed E-state index contributed by atoms with van der Waals surface area (Å²) >= 11 is 0. The monoisotopic (exact) mass is 305 g/mol. The third-order valence-corrected chi connectivity index (χ3v) is 2.63. The predicted octanol–water partition coefficient (Wildman–Crippen LogP) is 1.70. The van der Waals surface area contributed by atoms with Gasteiger partial charge >= 0.3 is 18.1 Å². The number of carbonyl (C=O) groups excluding carboxylic acids is 2. The summed E-state index contributed by atoms with van der Waals surface area (Å²) in [5, 5.41) is 1.75. The number of halogens is 3. The Hall–Kier alpha value is -2.25. The van der Waals surface area contributed by atoms with Gasteiger partial charge in [0.15, 0.2) is 0 Å². The lowest BCUT2D eigenvalue weighted by atomic mass is 10.1. The molecule has 0 bridgehead atoms. The van der Waals surface area contributed by atoms with Crippen molar-refractivity contribution in [2.24, 2.45) is 0 Å². The Morgan fingerprint density at radius 2 is 1.90 bits per heavy atom. The molecular weight excluding hydrogens is 291 g/mol. The molecule has 116 valence electrons. The van der Waals surface area contributed by atoms with Gasteiger partial charge in [0.2, 0.25) is 0 Å². The summed E-state index contributed by atoms with van der Waals surface area (Å²) in [7, 11) is 2.59. The molecule has 0 aliphatic heterocycles. The van der Waals surface area contributed by atoms with Crippen LogP contribution in [0.4, 0.5) is 13.2 Å². The fraction of sp³-hybridized carbons (Fsp3) is 0.385. The minimum atomic E-state index is -4.91. The molecule has 1 amide bonds. The fourth-order valence-corrected chi connectivity index (χ4v) is 1.60. The van der Waals surface area contributed by atoms with E-state index in [0.717, 1.165) is 0 Å². The molecule has 1 rings (SSSR count). The van der Waals surface area contributed by atoms with Gasteiger partial charge in [-0.2, -0.15) is 13.2 Å². The number of benzene rings is 1. The maximum atomic E-state index is 12.0. The summed E-state index contributed by atoms with van der Waals surface area (Å²) in [6.07, 6.45) is -4.77. The zero-order valence-electron chi connectivity index (χ0n) is 11.4. The minimum Gasteiger partial charge on any atom is -0.496 e. The average Bonchev–Trinajstić information content (AvgIpc) is 2.45. The van der Waals surface area contributed by atoms with E-state index >= 15 is 0 Å². The highest BCUT2D eigenvalue weighted by molar-refractivity contribution is 5.92. The van der Waals surface area contributed by atoms with Gasteiger partial charge in [0.05, 0.1) is 14.2 Å². The van der Waals surface area contributed by atoms with Crippen LogP contribution in [0.2, 0.25) is 0 Å². The number of nitrogens with one attached hydrogen (secondary N) is 1. The van der Waals surface area contributed by atoms with Gasteiger partial charge in [-0.25, -0.2) is 4.79 Å². The molecule has 0 fully saturated rings. The standard InChI is InChI=1S/C13H14F3NO4/c1-20-10-4-3-8(7-9(10)11(18)21-2)5-6-17-12(19)13(14,15)16/h3-4,7H,5-6H2,1-2H3,(H,17,19). The zero-order valence-corrected chi connectivity index (χ0v) is 11.4. The molecule has 0 spiro atoms. The van der Waals surface area contributed by atoms with Crippen LogP contribution in [0.5, 0.6) is 5.75 Å². The van der Waals surface area contributed by atoms with E-state index in [4.69, 9.17) is 4.74 Å². The Morgan fingerprint density at radius 1 is 1.24 bits per heavy atom. The second-order valence-corrected chi connectivity index (χ2v) is 4.03. The zero-order chi connectivity index (χ0) is 16.0. The molecule has 21 heavy (non-hydrogen) atoms. The summed E-state index contributed by atoms with van der Waals surface area (Å²) in [6, 6.07) is 4.54. The number of hydrogen-bond donors (Lipinski definition) is 1. The number of methoxy groups -OCH3 is 2. The van der Waals surface area contributed by atoms with Crippen molar-refractivity contribution in [2.75, 3.05) is 20.8 Å². The van der Waals surface area contributed by atoms with Crippen molar-refractivity contribution in [1.29, 1.82) is 0 Å². The molecule has 0 aliphatic rings. The van der Waals surface area contributed by atoms with Crippen LogP contribution >= 0.6 is 0 Å². The fourth-order valence-electron chi connectivity index (χ4n) is 1.60. The van der Waals surface area contributed by atoms with Crippen LogP contribution in [0, 0.1) is 0 Å². The van der Waals surface area contributed by atoms with Crippen LogP contribution in [0.1, 0.15) is 15.9 Å². The van der Waals surface area contributed by atoms with Gasteiger partial charge in [-0.15, -0.1) is 0 Å².